The Morgan fingerprint density at radius 1 is 1.38 bits per heavy atom. The van der Waals surface area contributed by atoms with Gasteiger partial charge in [0.1, 0.15) is 0 Å². The monoisotopic (exact) mass is 297 g/mol. The van der Waals surface area contributed by atoms with Gasteiger partial charge in [-0.15, -0.1) is 0 Å². The molecule has 1 aromatic carbocycles. The Morgan fingerprint density at radius 2 is 2.06 bits per heavy atom. The molecule has 0 bridgehead atoms. The zero-order valence-electron chi connectivity index (χ0n) is 8.77. The normalized spacial score (nSPS) is 11.5. The SMILES string of the molecule is CNC(=S)N/N=C/C(Br)=C\c1ccccc1. The molecule has 0 aliphatic heterocycles. The van der Waals surface area contributed by atoms with Crippen molar-refractivity contribution in [3.8, 4) is 0 Å². The Kier molecular flexibility index (Phi) is 5.74. The lowest BCUT2D eigenvalue weighted by Gasteiger charge is -1.99. The summed E-state index contributed by atoms with van der Waals surface area (Å²) >= 11 is 8.26. The van der Waals surface area contributed by atoms with Crippen LogP contribution in [0.15, 0.2) is 39.9 Å². The Balaban J connectivity index is 2.55. The van der Waals surface area contributed by atoms with Crippen molar-refractivity contribution in [3.63, 3.8) is 0 Å². The Hall–Kier alpha value is -1.20. The minimum absolute atomic E-state index is 0.483. The maximum Gasteiger partial charge on any atom is 0.186 e. The highest BCUT2D eigenvalue weighted by Crippen LogP contribution is 2.09. The zero-order valence-corrected chi connectivity index (χ0v) is 11.2. The molecule has 5 heteroatoms. The minimum Gasteiger partial charge on any atom is -0.364 e. The molecule has 0 unspecified atom stereocenters. The van der Waals surface area contributed by atoms with Crippen LogP contribution in [0.2, 0.25) is 0 Å². The van der Waals surface area contributed by atoms with E-state index in [1.54, 1.807) is 13.3 Å². The standard InChI is InChI=1S/C11H12BrN3S/c1-13-11(16)15-14-8-10(12)7-9-5-3-2-4-6-9/h2-8H,1H3,(H2,13,15,16)/b10-7+,14-8+. The average molecular weight is 298 g/mol. The van der Waals surface area contributed by atoms with Gasteiger partial charge in [0.25, 0.3) is 0 Å². The van der Waals surface area contributed by atoms with E-state index in [0.29, 0.717) is 5.11 Å². The van der Waals surface area contributed by atoms with Crippen molar-refractivity contribution in [2.24, 2.45) is 5.10 Å². The first-order valence-electron chi connectivity index (χ1n) is 4.65. The van der Waals surface area contributed by atoms with E-state index >= 15 is 0 Å². The summed E-state index contributed by atoms with van der Waals surface area (Å²) in [4.78, 5) is 0. The zero-order chi connectivity index (χ0) is 11.8. The van der Waals surface area contributed by atoms with Crippen molar-refractivity contribution in [3.05, 3.63) is 40.4 Å². The number of nitrogens with one attached hydrogen (secondary N) is 2. The smallest absolute Gasteiger partial charge is 0.186 e. The molecular formula is C11H12BrN3S. The molecule has 0 aliphatic carbocycles. The third kappa shape index (κ3) is 5.04. The molecule has 0 saturated heterocycles. The molecule has 84 valence electrons. The molecule has 0 radical (unpaired) electrons. The summed E-state index contributed by atoms with van der Waals surface area (Å²) in [6, 6.07) is 9.98. The Morgan fingerprint density at radius 3 is 2.69 bits per heavy atom. The van der Waals surface area contributed by atoms with E-state index in [4.69, 9.17) is 12.2 Å². The largest absolute Gasteiger partial charge is 0.364 e. The highest BCUT2D eigenvalue weighted by atomic mass is 79.9. The van der Waals surface area contributed by atoms with Crippen LogP contribution in [-0.4, -0.2) is 18.4 Å². The second-order valence-corrected chi connectivity index (χ2v) is 4.21. The van der Waals surface area contributed by atoms with Crippen LogP contribution >= 0.6 is 28.1 Å². The summed E-state index contributed by atoms with van der Waals surface area (Å²) < 4.78 is 0.866. The van der Waals surface area contributed by atoms with Crippen LogP contribution in [0, 0.1) is 0 Å². The lowest BCUT2D eigenvalue weighted by Crippen LogP contribution is -2.28. The van der Waals surface area contributed by atoms with Gasteiger partial charge in [-0.25, -0.2) is 0 Å². The molecule has 1 rings (SSSR count). The number of hydrogen-bond acceptors (Lipinski definition) is 2. The van der Waals surface area contributed by atoms with E-state index in [-0.39, 0.29) is 0 Å². The molecule has 0 saturated carbocycles. The van der Waals surface area contributed by atoms with Crippen LogP contribution in [0.3, 0.4) is 0 Å². The van der Waals surface area contributed by atoms with Crippen LogP contribution in [0.5, 0.6) is 0 Å². The van der Waals surface area contributed by atoms with Gasteiger partial charge in [-0.2, -0.15) is 5.10 Å². The number of hydrazone groups is 1. The van der Waals surface area contributed by atoms with Crippen LogP contribution in [0.1, 0.15) is 5.56 Å². The second kappa shape index (κ2) is 7.14. The number of halogens is 1. The fourth-order valence-corrected chi connectivity index (χ4v) is 1.37. The quantitative estimate of drug-likeness (QED) is 0.511. The molecule has 1 aromatic rings. The van der Waals surface area contributed by atoms with Gasteiger partial charge in [-0.3, -0.25) is 5.43 Å². The summed E-state index contributed by atoms with van der Waals surface area (Å²) in [6.45, 7) is 0. The Labute approximate surface area is 109 Å². The van der Waals surface area contributed by atoms with E-state index in [1.165, 1.54) is 0 Å². The summed E-state index contributed by atoms with van der Waals surface area (Å²) in [6.07, 6.45) is 3.62. The van der Waals surface area contributed by atoms with Gasteiger partial charge in [0.15, 0.2) is 5.11 Å². The first-order valence-corrected chi connectivity index (χ1v) is 5.85. The molecule has 3 nitrogen and oxygen atoms in total. The summed E-state index contributed by atoms with van der Waals surface area (Å²) in [5.41, 5.74) is 3.78. The van der Waals surface area contributed by atoms with Gasteiger partial charge >= 0.3 is 0 Å². The van der Waals surface area contributed by atoms with E-state index in [9.17, 15) is 0 Å². The van der Waals surface area contributed by atoms with Crippen molar-refractivity contribution in [1.82, 2.24) is 10.7 Å². The lowest BCUT2D eigenvalue weighted by atomic mass is 10.2. The molecule has 0 fully saturated rings. The van der Waals surface area contributed by atoms with Gasteiger partial charge in [0, 0.05) is 11.5 Å². The van der Waals surface area contributed by atoms with Crippen molar-refractivity contribution >= 4 is 45.6 Å². The highest BCUT2D eigenvalue weighted by Gasteiger charge is 1.89. The van der Waals surface area contributed by atoms with Gasteiger partial charge in [-0.1, -0.05) is 30.3 Å². The first kappa shape index (κ1) is 12.9. The first-order chi connectivity index (χ1) is 7.72. The maximum absolute atomic E-state index is 4.87. The molecule has 0 atom stereocenters. The number of hydrogen-bond donors (Lipinski definition) is 2. The highest BCUT2D eigenvalue weighted by molar-refractivity contribution is 9.12. The molecule has 0 heterocycles. The third-order valence-electron chi connectivity index (χ3n) is 1.69. The molecule has 2 N–H and O–H groups in total. The molecule has 0 spiro atoms. The Bertz CT molecular complexity index is 401. The van der Waals surface area contributed by atoms with E-state index in [2.05, 4.69) is 31.8 Å². The van der Waals surface area contributed by atoms with Crippen molar-refractivity contribution in [2.75, 3.05) is 7.05 Å². The second-order valence-electron chi connectivity index (χ2n) is 2.89. The topological polar surface area (TPSA) is 36.4 Å². The molecular weight excluding hydrogens is 286 g/mol. The van der Waals surface area contributed by atoms with Crippen molar-refractivity contribution in [1.29, 1.82) is 0 Å². The lowest BCUT2D eigenvalue weighted by molar-refractivity contribution is 0.983. The molecule has 0 aliphatic rings. The molecule has 0 amide bonds. The third-order valence-corrected chi connectivity index (χ3v) is 2.41. The molecule has 16 heavy (non-hydrogen) atoms. The van der Waals surface area contributed by atoms with Crippen molar-refractivity contribution in [2.45, 2.75) is 0 Å². The minimum atomic E-state index is 0.483. The molecule has 0 aromatic heterocycles. The summed E-state index contributed by atoms with van der Waals surface area (Å²) in [5.74, 6) is 0. The van der Waals surface area contributed by atoms with Crippen LogP contribution in [0.25, 0.3) is 6.08 Å². The van der Waals surface area contributed by atoms with Gasteiger partial charge in [0.05, 0.1) is 6.21 Å². The summed E-state index contributed by atoms with van der Waals surface area (Å²) in [7, 11) is 1.74. The number of thiocarbonyl (C=S) groups is 1. The van der Waals surface area contributed by atoms with E-state index in [1.807, 2.05) is 36.4 Å². The number of allylic oxidation sites excluding steroid dienone is 1. The number of rotatable bonds is 3. The predicted molar refractivity (Wildman–Crippen MR) is 76.6 cm³/mol. The van der Waals surface area contributed by atoms with Crippen LogP contribution in [-0.2, 0) is 0 Å². The van der Waals surface area contributed by atoms with Crippen LogP contribution < -0.4 is 10.7 Å². The van der Waals surface area contributed by atoms with Gasteiger partial charge in [0.2, 0.25) is 0 Å². The van der Waals surface area contributed by atoms with Gasteiger partial charge in [-0.05, 0) is 39.8 Å². The summed E-state index contributed by atoms with van der Waals surface area (Å²) in [5, 5.41) is 7.19. The maximum atomic E-state index is 4.87. The van der Waals surface area contributed by atoms with E-state index < -0.39 is 0 Å². The number of benzene rings is 1. The van der Waals surface area contributed by atoms with Crippen LogP contribution in [0.4, 0.5) is 0 Å². The predicted octanol–water partition coefficient (Wildman–Crippen LogP) is 2.50. The van der Waals surface area contributed by atoms with Crippen molar-refractivity contribution < 1.29 is 0 Å². The fraction of sp³-hybridized carbons (Fsp3) is 0.0909. The number of nitrogens with zero attached hydrogens (tertiary/aromatic N) is 1. The average Bonchev–Trinajstić information content (AvgIpc) is 2.30. The van der Waals surface area contributed by atoms with E-state index in [0.717, 1.165) is 10.0 Å². The van der Waals surface area contributed by atoms with Gasteiger partial charge < -0.3 is 5.32 Å². The fourth-order valence-electron chi connectivity index (χ4n) is 0.954.